The number of carboxylic acids is 1. The second-order valence-electron chi connectivity index (χ2n) is 6.34. The number of amides is 2. The van der Waals surface area contributed by atoms with E-state index in [9.17, 15) is 14.4 Å². The number of carbonyl (C=O) groups is 3. The highest BCUT2D eigenvalue weighted by molar-refractivity contribution is 5.89. The molecule has 3 rings (SSSR count). The molecule has 2 saturated heterocycles. The monoisotopic (exact) mass is 346 g/mol. The van der Waals surface area contributed by atoms with Crippen LogP contribution in [-0.4, -0.2) is 65.0 Å². The molecule has 0 aromatic heterocycles. The molecule has 0 saturated carbocycles. The van der Waals surface area contributed by atoms with E-state index in [1.54, 1.807) is 4.90 Å². The van der Waals surface area contributed by atoms with Crippen LogP contribution >= 0.6 is 0 Å². The van der Waals surface area contributed by atoms with Crippen LogP contribution in [0.1, 0.15) is 30.9 Å². The van der Waals surface area contributed by atoms with E-state index >= 15 is 0 Å². The lowest BCUT2D eigenvalue weighted by Crippen LogP contribution is -2.53. The summed E-state index contributed by atoms with van der Waals surface area (Å²) in [5.74, 6) is -1.35. The molecule has 2 atom stereocenters. The van der Waals surface area contributed by atoms with Gasteiger partial charge in [0.2, 0.25) is 11.8 Å². The minimum atomic E-state index is -1.08. The minimum Gasteiger partial charge on any atom is -0.479 e. The van der Waals surface area contributed by atoms with Crippen LogP contribution in [-0.2, 0) is 19.1 Å². The Morgan fingerprint density at radius 1 is 1.16 bits per heavy atom. The smallest absolute Gasteiger partial charge is 0.334 e. The van der Waals surface area contributed by atoms with Crippen molar-refractivity contribution in [3.63, 3.8) is 0 Å². The molecule has 2 unspecified atom stereocenters. The third-order valence-corrected chi connectivity index (χ3v) is 4.67. The van der Waals surface area contributed by atoms with Crippen LogP contribution in [0.5, 0.6) is 0 Å². The van der Waals surface area contributed by atoms with Crippen LogP contribution in [0.25, 0.3) is 0 Å². The standard InChI is InChI=1S/C18H22N2O5/c21-15-8-4-5-9-20(15)16(13-6-2-1-3-7-13)17(22)19-10-11-25-14(12-19)18(23)24/h1-3,6-7,14,16H,4-5,8-12H2,(H,23,24). The number of carbonyl (C=O) groups excluding carboxylic acids is 2. The maximum atomic E-state index is 13.2. The van der Waals surface area contributed by atoms with Crippen LogP contribution in [0.2, 0.25) is 0 Å². The first-order chi connectivity index (χ1) is 12.1. The molecule has 2 fully saturated rings. The Morgan fingerprint density at radius 2 is 1.92 bits per heavy atom. The highest BCUT2D eigenvalue weighted by Gasteiger charge is 2.38. The zero-order valence-corrected chi connectivity index (χ0v) is 14.0. The Bertz CT molecular complexity index is 648. The fourth-order valence-corrected chi connectivity index (χ4v) is 3.36. The van der Waals surface area contributed by atoms with Gasteiger partial charge in [-0.25, -0.2) is 4.79 Å². The Labute approximate surface area is 146 Å². The number of ether oxygens (including phenoxy) is 1. The summed E-state index contributed by atoms with van der Waals surface area (Å²) in [4.78, 5) is 39.9. The van der Waals surface area contributed by atoms with Gasteiger partial charge in [0.15, 0.2) is 6.10 Å². The number of hydrogen-bond donors (Lipinski definition) is 1. The molecular weight excluding hydrogens is 324 g/mol. The number of carboxylic acid groups (broad SMARTS) is 1. The summed E-state index contributed by atoms with van der Waals surface area (Å²) in [5.41, 5.74) is 0.751. The fourth-order valence-electron chi connectivity index (χ4n) is 3.36. The van der Waals surface area contributed by atoms with Gasteiger partial charge in [0.1, 0.15) is 6.04 Å². The molecule has 7 nitrogen and oxygen atoms in total. The largest absolute Gasteiger partial charge is 0.479 e. The lowest BCUT2D eigenvalue weighted by Gasteiger charge is -2.39. The number of piperidine rings is 1. The Hall–Kier alpha value is -2.41. The van der Waals surface area contributed by atoms with Crippen LogP contribution in [0.3, 0.4) is 0 Å². The summed E-state index contributed by atoms with van der Waals surface area (Å²) in [6.07, 6.45) is 1.12. The molecule has 25 heavy (non-hydrogen) atoms. The number of likely N-dealkylation sites (tertiary alicyclic amines) is 1. The van der Waals surface area contributed by atoms with Crippen molar-refractivity contribution in [2.24, 2.45) is 0 Å². The molecule has 0 radical (unpaired) electrons. The van der Waals surface area contributed by atoms with Crippen molar-refractivity contribution in [3.05, 3.63) is 35.9 Å². The van der Waals surface area contributed by atoms with Gasteiger partial charge >= 0.3 is 5.97 Å². The van der Waals surface area contributed by atoms with Crippen molar-refractivity contribution in [2.45, 2.75) is 31.4 Å². The second kappa shape index (κ2) is 7.65. The third-order valence-electron chi connectivity index (χ3n) is 4.67. The van der Waals surface area contributed by atoms with E-state index in [4.69, 9.17) is 9.84 Å². The van der Waals surface area contributed by atoms with Gasteiger partial charge in [-0.3, -0.25) is 9.59 Å². The molecule has 2 aliphatic rings. The van der Waals surface area contributed by atoms with Crippen LogP contribution in [0, 0.1) is 0 Å². The highest BCUT2D eigenvalue weighted by Crippen LogP contribution is 2.28. The van der Waals surface area contributed by atoms with Crippen molar-refractivity contribution >= 4 is 17.8 Å². The molecule has 7 heteroatoms. The topological polar surface area (TPSA) is 87.2 Å². The van der Waals surface area contributed by atoms with Gasteiger partial charge in [-0.1, -0.05) is 30.3 Å². The Kier molecular flexibility index (Phi) is 5.33. The second-order valence-corrected chi connectivity index (χ2v) is 6.34. The normalized spacial score (nSPS) is 22.6. The van der Waals surface area contributed by atoms with Crippen molar-refractivity contribution in [3.8, 4) is 0 Å². The summed E-state index contributed by atoms with van der Waals surface area (Å²) < 4.78 is 5.20. The molecule has 134 valence electrons. The van der Waals surface area contributed by atoms with Crippen molar-refractivity contribution < 1.29 is 24.2 Å². The first-order valence-electron chi connectivity index (χ1n) is 8.55. The van der Waals surface area contributed by atoms with E-state index in [1.165, 1.54) is 4.90 Å². The van der Waals surface area contributed by atoms with E-state index in [0.717, 1.165) is 18.4 Å². The number of aliphatic carboxylic acids is 1. The summed E-state index contributed by atoms with van der Waals surface area (Å²) in [6.45, 7) is 1.04. The summed E-state index contributed by atoms with van der Waals surface area (Å²) in [7, 11) is 0. The first-order valence-corrected chi connectivity index (χ1v) is 8.55. The van der Waals surface area contributed by atoms with Gasteiger partial charge in [0, 0.05) is 19.5 Å². The minimum absolute atomic E-state index is 0.000466. The lowest BCUT2D eigenvalue weighted by atomic mass is 9.99. The molecule has 1 N–H and O–H groups in total. The molecular formula is C18H22N2O5. The van der Waals surface area contributed by atoms with E-state index in [0.29, 0.717) is 19.5 Å². The van der Waals surface area contributed by atoms with Gasteiger partial charge < -0.3 is 19.6 Å². The van der Waals surface area contributed by atoms with Crippen molar-refractivity contribution in [1.82, 2.24) is 9.80 Å². The molecule has 1 aromatic rings. The van der Waals surface area contributed by atoms with Gasteiger partial charge in [-0.05, 0) is 18.4 Å². The zero-order chi connectivity index (χ0) is 17.8. The highest BCUT2D eigenvalue weighted by atomic mass is 16.5. The van der Waals surface area contributed by atoms with Crippen LogP contribution in [0.15, 0.2) is 30.3 Å². The molecule has 0 bridgehead atoms. The number of rotatable bonds is 4. The first kappa shape index (κ1) is 17.4. The van der Waals surface area contributed by atoms with Gasteiger partial charge in [0.25, 0.3) is 0 Å². The summed E-state index contributed by atoms with van der Waals surface area (Å²) in [6, 6.07) is 8.49. The Morgan fingerprint density at radius 3 is 2.60 bits per heavy atom. The molecule has 0 aliphatic carbocycles. The lowest BCUT2D eigenvalue weighted by molar-refractivity contribution is -0.162. The zero-order valence-electron chi connectivity index (χ0n) is 14.0. The number of morpholine rings is 1. The maximum Gasteiger partial charge on any atom is 0.334 e. The average molecular weight is 346 g/mol. The van der Waals surface area contributed by atoms with Crippen molar-refractivity contribution in [2.75, 3.05) is 26.2 Å². The van der Waals surface area contributed by atoms with E-state index in [-0.39, 0.29) is 25.0 Å². The van der Waals surface area contributed by atoms with E-state index in [2.05, 4.69) is 0 Å². The maximum absolute atomic E-state index is 13.2. The number of nitrogens with zero attached hydrogens (tertiary/aromatic N) is 2. The van der Waals surface area contributed by atoms with Gasteiger partial charge in [-0.15, -0.1) is 0 Å². The van der Waals surface area contributed by atoms with Gasteiger partial charge in [-0.2, -0.15) is 0 Å². The molecule has 0 spiro atoms. The van der Waals surface area contributed by atoms with E-state index < -0.39 is 18.1 Å². The Balaban J connectivity index is 1.87. The molecule has 2 amide bonds. The summed E-state index contributed by atoms with van der Waals surface area (Å²) in [5, 5.41) is 9.16. The number of hydrogen-bond acceptors (Lipinski definition) is 4. The predicted molar refractivity (Wildman–Crippen MR) is 88.7 cm³/mol. The van der Waals surface area contributed by atoms with Crippen LogP contribution in [0.4, 0.5) is 0 Å². The van der Waals surface area contributed by atoms with Crippen LogP contribution < -0.4 is 0 Å². The van der Waals surface area contributed by atoms with Gasteiger partial charge in [0.05, 0.1) is 13.2 Å². The third kappa shape index (κ3) is 3.82. The summed E-state index contributed by atoms with van der Waals surface area (Å²) >= 11 is 0. The number of benzene rings is 1. The molecule has 2 heterocycles. The molecule has 2 aliphatic heterocycles. The predicted octanol–water partition coefficient (Wildman–Crippen LogP) is 1.05. The molecule has 1 aromatic carbocycles. The quantitative estimate of drug-likeness (QED) is 0.881. The average Bonchev–Trinajstić information content (AvgIpc) is 2.64. The SMILES string of the molecule is O=C(O)C1CN(C(=O)C(c2ccccc2)N2CCCCC2=O)CCO1. The fraction of sp³-hybridized carbons (Fsp3) is 0.500. The van der Waals surface area contributed by atoms with E-state index in [1.807, 2.05) is 30.3 Å². The van der Waals surface area contributed by atoms with Crippen molar-refractivity contribution in [1.29, 1.82) is 0 Å².